The maximum absolute atomic E-state index is 7.57. The average molecular weight is 164 g/mol. The summed E-state index contributed by atoms with van der Waals surface area (Å²) in [6.45, 7) is 5.59. The molecular weight excluding hydrogens is 148 g/mol. The molecule has 1 aromatic carbocycles. The minimum absolute atomic E-state index is 0.250. The Bertz CT molecular complexity index is 191. The van der Waals surface area contributed by atoms with Crippen molar-refractivity contribution in [2.75, 3.05) is 6.61 Å². The van der Waals surface area contributed by atoms with Gasteiger partial charge in [-0.3, -0.25) is 0 Å². The maximum atomic E-state index is 7.57. The predicted octanol–water partition coefficient (Wildman–Crippen LogP) is 2.41. The van der Waals surface area contributed by atoms with Crippen LogP contribution in [0.3, 0.4) is 0 Å². The molecule has 1 rings (SSSR count). The minimum atomic E-state index is 0.250. The van der Waals surface area contributed by atoms with E-state index in [4.69, 9.17) is 5.11 Å². The fourth-order valence-corrected chi connectivity index (χ4v) is 0.781. The van der Waals surface area contributed by atoms with Gasteiger partial charge in [-0.25, -0.2) is 0 Å². The molecule has 1 nitrogen and oxygen atoms in total. The standard InChI is InChI=1S/C9H10.C2H6O/c1-2-6-9-7-4-3-5-8-9;1-2-3/h2-5,7-8H,1,6H2;3H,2H2,1H3. The molecule has 0 aliphatic heterocycles. The summed E-state index contributed by atoms with van der Waals surface area (Å²) < 4.78 is 0. The topological polar surface area (TPSA) is 20.2 Å². The number of aliphatic hydroxyl groups excluding tert-OH is 1. The van der Waals surface area contributed by atoms with Gasteiger partial charge < -0.3 is 5.11 Å². The summed E-state index contributed by atoms with van der Waals surface area (Å²) >= 11 is 0. The summed E-state index contributed by atoms with van der Waals surface area (Å²) in [5.74, 6) is 0. The molecule has 0 aliphatic carbocycles. The molecule has 0 saturated heterocycles. The van der Waals surface area contributed by atoms with E-state index in [1.807, 2.05) is 24.3 Å². The predicted molar refractivity (Wildman–Crippen MR) is 53.1 cm³/mol. The molecule has 0 spiro atoms. The molecule has 1 heteroatoms. The van der Waals surface area contributed by atoms with E-state index in [9.17, 15) is 0 Å². The van der Waals surface area contributed by atoms with E-state index in [0.717, 1.165) is 6.42 Å². The molecular formula is C11H16O. The molecule has 0 atom stereocenters. The van der Waals surface area contributed by atoms with Crippen molar-refractivity contribution < 1.29 is 5.11 Å². The van der Waals surface area contributed by atoms with Crippen LogP contribution in [0.15, 0.2) is 43.0 Å². The van der Waals surface area contributed by atoms with Gasteiger partial charge in [0.15, 0.2) is 0 Å². The summed E-state index contributed by atoms with van der Waals surface area (Å²) in [5, 5.41) is 7.57. The third kappa shape index (κ3) is 5.69. The van der Waals surface area contributed by atoms with E-state index >= 15 is 0 Å². The monoisotopic (exact) mass is 164 g/mol. The minimum Gasteiger partial charge on any atom is -0.397 e. The second-order valence-corrected chi connectivity index (χ2v) is 2.29. The molecule has 1 aromatic rings. The van der Waals surface area contributed by atoms with Crippen LogP contribution in [-0.2, 0) is 6.42 Å². The number of hydrogen-bond donors (Lipinski definition) is 1. The summed E-state index contributed by atoms with van der Waals surface area (Å²) in [6, 6.07) is 10.3. The fraction of sp³-hybridized carbons (Fsp3) is 0.273. The van der Waals surface area contributed by atoms with Crippen molar-refractivity contribution in [3.63, 3.8) is 0 Å². The molecule has 0 bridgehead atoms. The van der Waals surface area contributed by atoms with E-state index in [2.05, 4.69) is 18.7 Å². The maximum Gasteiger partial charge on any atom is 0.0402 e. The van der Waals surface area contributed by atoms with Gasteiger partial charge >= 0.3 is 0 Å². The SMILES string of the molecule is C=CCc1ccccc1.CCO. The quantitative estimate of drug-likeness (QED) is 0.665. The van der Waals surface area contributed by atoms with Gasteiger partial charge in [0.05, 0.1) is 0 Å². The number of hydrogen-bond acceptors (Lipinski definition) is 1. The Morgan fingerprint density at radius 3 is 2.25 bits per heavy atom. The molecule has 1 N–H and O–H groups in total. The van der Waals surface area contributed by atoms with E-state index in [0.29, 0.717) is 0 Å². The van der Waals surface area contributed by atoms with Gasteiger partial charge in [0, 0.05) is 6.61 Å². The number of allylic oxidation sites excluding steroid dienone is 1. The number of benzene rings is 1. The van der Waals surface area contributed by atoms with Crippen molar-refractivity contribution in [2.45, 2.75) is 13.3 Å². The van der Waals surface area contributed by atoms with Crippen molar-refractivity contribution in [3.8, 4) is 0 Å². The molecule has 0 aromatic heterocycles. The van der Waals surface area contributed by atoms with Crippen molar-refractivity contribution in [1.82, 2.24) is 0 Å². The van der Waals surface area contributed by atoms with Crippen LogP contribution in [0, 0.1) is 0 Å². The lowest BCUT2D eigenvalue weighted by molar-refractivity contribution is 0.318. The van der Waals surface area contributed by atoms with E-state index in [1.54, 1.807) is 6.92 Å². The molecule has 0 unspecified atom stereocenters. The fourth-order valence-electron chi connectivity index (χ4n) is 0.781. The first-order chi connectivity index (χ1) is 5.85. The van der Waals surface area contributed by atoms with Gasteiger partial charge in [-0.15, -0.1) is 6.58 Å². The molecule has 0 saturated carbocycles. The van der Waals surface area contributed by atoms with Gasteiger partial charge in [0.1, 0.15) is 0 Å². The highest BCUT2D eigenvalue weighted by molar-refractivity contribution is 5.16. The summed E-state index contributed by atoms with van der Waals surface area (Å²) in [7, 11) is 0. The molecule has 0 radical (unpaired) electrons. The first-order valence-corrected chi connectivity index (χ1v) is 4.10. The first-order valence-electron chi connectivity index (χ1n) is 4.10. The number of rotatable bonds is 2. The number of aliphatic hydroxyl groups is 1. The van der Waals surface area contributed by atoms with Crippen LogP contribution >= 0.6 is 0 Å². The highest BCUT2D eigenvalue weighted by atomic mass is 16.2. The Morgan fingerprint density at radius 1 is 1.33 bits per heavy atom. The van der Waals surface area contributed by atoms with Crippen molar-refractivity contribution in [3.05, 3.63) is 48.6 Å². The molecule has 66 valence electrons. The summed E-state index contributed by atoms with van der Waals surface area (Å²) in [6.07, 6.45) is 2.89. The van der Waals surface area contributed by atoms with Crippen LogP contribution in [0.2, 0.25) is 0 Å². The highest BCUT2D eigenvalue weighted by Crippen LogP contribution is 1.98. The largest absolute Gasteiger partial charge is 0.397 e. The lowest BCUT2D eigenvalue weighted by atomic mass is 10.2. The van der Waals surface area contributed by atoms with Gasteiger partial charge in [-0.1, -0.05) is 36.4 Å². The Labute approximate surface area is 74.4 Å². The van der Waals surface area contributed by atoms with Gasteiger partial charge in [0.2, 0.25) is 0 Å². The molecule has 0 aliphatic rings. The van der Waals surface area contributed by atoms with Crippen molar-refractivity contribution in [1.29, 1.82) is 0 Å². The van der Waals surface area contributed by atoms with Crippen molar-refractivity contribution in [2.24, 2.45) is 0 Å². The van der Waals surface area contributed by atoms with Gasteiger partial charge in [0.25, 0.3) is 0 Å². The highest BCUT2D eigenvalue weighted by Gasteiger charge is 1.82. The van der Waals surface area contributed by atoms with E-state index < -0.39 is 0 Å². The Balaban J connectivity index is 0.000000354. The zero-order valence-electron chi connectivity index (χ0n) is 7.53. The third-order valence-electron chi connectivity index (χ3n) is 1.22. The van der Waals surface area contributed by atoms with Crippen LogP contribution in [0.4, 0.5) is 0 Å². The van der Waals surface area contributed by atoms with Crippen LogP contribution in [0.1, 0.15) is 12.5 Å². The summed E-state index contributed by atoms with van der Waals surface area (Å²) in [5.41, 5.74) is 1.33. The zero-order valence-corrected chi connectivity index (χ0v) is 7.53. The van der Waals surface area contributed by atoms with Gasteiger partial charge in [-0.05, 0) is 18.9 Å². The summed E-state index contributed by atoms with van der Waals surface area (Å²) in [4.78, 5) is 0. The first kappa shape index (κ1) is 10.9. The molecule has 0 fully saturated rings. The lowest BCUT2D eigenvalue weighted by Crippen LogP contribution is -1.75. The molecule has 12 heavy (non-hydrogen) atoms. The van der Waals surface area contributed by atoms with Crippen LogP contribution in [-0.4, -0.2) is 11.7 Å². The third-order valence-corrected chi connectivity index (χ3v) is 1.22. The second-order valence-electron chi connectivity index (χ2n) is 2.29. The van der Waals surface area contributed by atoms with Crippen LogP contribution in [0.5, 0.6) is 0 Å². The molecule has 0 amide bonds. The van der Waals surface area contributed by atoms with Crippen LogP contribution in [0.25, 0.3) is 0 Å². The van der Waals surface area contributed by atoms with Gasteiger partial charge in [-0.2, -0.15) is 0 Å². The van der Waals surface area contributed by atoms with Crippen LogP contribution < -0.4 is 0 Å². The zero-order chi connectivity index (χ0) is 9.23. The van der Waals surface area contributed by atoms with E-state index in [1.165, 1.54) is 5.56 Å². The Morgan fingerprint density at radius 2 is 1.83 bits per heavy atom. The lowest BCUT2D eigenvalue weighted by Gasteiger charge is -1.91. The Kier molecular flexibility index (Phi) is 7.30. The van der Waals surface area contributed by atoms with E-state index in [-0.39, 0.29) is 6.61 Å². The molecule has 0 heterocycles. The van der Waals surface area contributed by atoms with Crippen molar-refractivity contribution >= 4 is 0 Å². The normalized spacial score (nSPS) is 8.17. The average Bonchev–Trinajstić information content (AvgIpc) is 2.08. The second kappa shape index (κ2) is 8.02. The Hall–Kier alpha value is -1.08. The smallest absolute Gasteiger partial charge is 0.0402 e.